The molecule has 0 amide bonds. The van der Waals surface area contributed by atoms with Crippen LogP contribution in [0.25, 0.3) is 0 Å². The number of hydrogen-bond donors (Lipinski definition) is 1. The highest BCUT2D eigenvalue weighted by Gasteiger charge is 2.06. The van der Waals surface area contributed by atoms with Crippen LogP contribution in [0.15, 0.2) is 42.5 Å². The minimum atomic E-state index is 0.208. The Bertz CT molecular complexity index is 626. The first-order chi connectivity index (χ1) is 9.60. The summed E-state index contributed by atoms with van der Waals surface area (Å²) in [5.74, 6) is 0. The average Bonchev–Trinajstić information content (AvgIpc) is 2.46. The molecule has 0 spiro atoms. The van der Waals surface area contributed by atoms with Crippen LogP contribution in [-0.2, 0) is 6.54 Å². The molecule has 20 heavy (non-hydrogen) atoms. The minimum Gasteiger partial charge on any atom is -0.306 e. The van der Waals surface area contributed by atoms with Crippen LogP contribution in [0.2, 0.25) is 5.02 Å². The Kier molecular flexibility index (Phi) is 4.79. The van der Waals surface area contributed by atoms with Crippen molar-refractivity contribution in [3.8, 4) is 6.07 Å². The quantitative estimate of drug-likeness (QED) is 0.905. The topological polar surface area (TPSA) is 35.8 Å². The lowest BCUT2D eigenvalue weighted by Gasteiger charge is -2.15. The van der Waals surface area contributed by atoms with Crippen molar-refractivity contribution in [1.29, 1.82) is 5.26 Å². The Morgan fingerprint density at radius 2 is 1.90 bits per heavy atom. The number of aryl methyl sites for hydroxylation is 1. The highest BCUT2D eigenvalue weighted by atomic mass is 35.5. The summed E-state index contributed by atoms with van der Waals surface area (Å²) in [7, 11) is 0. The van der Waals surface area contributed by atoms with Gasteiger partial charge in [-0.1, -0.05) is 35.9 Å². The van der Waals surface area contributed by atoms with E-state index in [2.05, 4.69) is 30.4 Å². The van der Waals surface area contributed by atoms with Gasteiger partial charge >= 0.3 is 0 Å². The van der Waals surface area contributed by atoms with Crippen LogP contribution in [0, 0.1) is 18.3 Å². The molecule has 0 aliphatic rings. The Morgan fingerprint density at radius 3 is 2.50 bits per heavy atom. The second kappa shape index (κ2) is 6.56. The van der Waals surface area contributed by atoms with E-state index in [1.807, 2.05) is 37.3 Å². The molecule has 0 heterocycles. The third-order valence-corrected chi connectivity index (χ3v) is 3.70. The van der Waals surface area contributed by atoms with Crippen molar-refractivity contribution in [3.63, 3.8) is 0 Å². The number of rotatable bonds is 4. The molecule has 0 fully saturated rings. The van der Waals surface area contributed by atoms with Gasteiger partial charge in [-0.3, -0.25) is 0 Å². The maximum atomic E-state index is 8.79. The van der Waals surface area contributed by atoms with Crippen molar-refractivity contribution >= 4 is 11.6 Å². The van der Waals surface area contributed by atoms with Crippen molar-refractivity contribution < 1.29 is 0 Å². The maximum Gasteiger partial charge on any atom is 0.0991 e. The molecular weight excluding hydrogens is 268 g/mol. The minimum absolute atomic E-state index is 0.208. The van der Waals surface area contributed by atoms with Gasteiger partial charge in [-0.15, -0.1) is 0 Å². The van der Waals surface area contributed by atoms with Crippen LogP contribution < -0.4 is 5.32 Å². The molecule has 0 bridgehead atoms. The van der Waals surface area contributed by atoms with Crippen LogP contribution in [0.5, 0.6) is 0 Å². The number of nitrogens with one attached hydrogen (secondary N) is 1. The van der Waals surface area contributed by atoms with E-state index in [1.165, 1.54) is 5.56 Å². The zero-order chi connectivity index (χ0) is 14.5. The molecule has 0 saturated carbocycles. The lowest BCUT2D eigenvalue weighted by molar-refractivity contribution is 0.575. The zero-order valence-corrected chi connectivity index (χ0v) is 12.4. The summed E-state index contributed by atoms with van der Waals surface area (Å²) in [4.78, 5) is 0. The number of halogens is 1. The summed E-state index contributed by atoms with van der Waals surface area (Å²) in [5, 5.41) is 13.0. The number of nitrogens with zero attached hydrogens (tertiary/aromatic N) is 1. The highest BCUT2D eigenvalue weighted by molar-refractivity contribution is 6.31. The molecule has 102 valence electrons. The summed E-state index contributed by atoms with van der Waals surface area (Å²) in [6.45, 7) is 4.85. The number of nitriles is 1. The Labute approximate surface area is 125 Å². The third kappa shape index (κ3) is 3.60. The molecule has 1 atom stereocenters. The molecule has 2 nitrogen and oxygen atoms in total. The Morgan fingerprint density at radius 1 is 1.20 bits per heavy atom. The van der Waals surface area contributed by atoms with E-state index in [9.17, 15) is 0 Å². The third-order valence-electron chi connectivity index (χ3n) is 3.35. The SMILES string of the molecule is Cc1ccc(CNC(C)c2ccc(C#N)cc2)c(Cl)c1. The van der Waals surface area contributed by atoms with Crippen molar-refractivity contribution in [3.05, 3.63) is 69.7 Å². The lowest BCUT2D eigenvalue weighted by atomic mass is 10.1. The summed E-state index contributed by atoms with van der Waals surface area (Å²) in [6, 6.07) is 16.1. The van der Waals surface area contributed by atoms with E-state index in [0.717, 1.165) is 22.7 Å². The fraction of sp³-hybridized carbons (Fsp3) is 0.235. The van der Waals surface area contributed by atoms with Crippen molar-refractivity contribution in [2.24, 2.45) is 0 Å². The van der Waals surface area contributed by atoms with Gasteiger partial charge in [0.15, 0.2) is 0 Å². The monoisotopic (exact) mass is 284 g/mol. The second-order valence-electron chi connectivity index (χ2n) is 4.93. The van der Waals surface area contributed by atoms with E-state index in [-0.39, 0.29) is 6.04 Å². The fourth-order valence-electron chi connectivity index (χ4n) is 2.02. The molecule has 0 saturated heterocycles. The summed E-state index contributed by atoms with van der Waals surface area (Å²) < 4.78 is 0. The maximum absolute atomic E-state index is 8.79. The van der Waals surface area contributed by atoms with Gasteiger partial charge in [0.05, 0.1) is 11.6 Å². The van der Waals surface area contributed by atoms with Crippen molar-refractivity contribution in [2.75, 3.05) is 0 Å². The van der Waals surface area contributed by atoms with E-state index in [1.54, 1.807) is 0 Å². The average molecular weight is 285 g/mol. The van der Waals surface area contributed by atoms with E-state index in [4.69, 9.17) is 16.9 Å². The molecule has 2 rings (SSSR count). The lowest BCUT2D eigenvalue weighted by Crippen LogP contribution is -2.18. The first kappa shape index (κ1) is 14.6. The molecule has 0 aromatic heterocycles. The van der Waals surface area contributed by atoms with Crippen molar-refractivity contribution in [2.45, 2.75) is 26.4 Å². The van der Waals surface area contributed by atoms with Crippen LogP contribution in [-0.4, -0.2) is 0 Å². The standard InChI is InChI=1S/C17H17ClN2/c1-12-3-6-16(17(18)9-12)11-20-13(2)15-7-4-14(10-19)5-8-15/h3-9,13,20H,11H2,1-2H3. The van der Waals surface area contributed by atoms with E-state index >= 15 is 0 Å². The summed E-state index contributed by atoms with van der Waals surface area (Å²) in [6.07, 6.45) is 0. The molecule has 1 N–H and O–H groups in total. The Hall–Kier alpha value is -1.82. The smallest absolute Gasteiger partial charge is 0.0991 e. The summed E-state index contributed by atoms with van der Waals surface area (Å²) >= 11 is 6.22. The molecular formula is C17H17ClN2. The van der Waals surface area contributed by atoms with E-state index in [0.29, 0.717) is 5.56 Å². The van der Waals surface area contributed by atoms with Crippen molar-refractivity contribution in [1.82, 2.24) is 5.32 Å². The van der Waals surface area contributed by atoms with E-state index < -0.39 is 0 Å². The Balaban J connectivity index is 2.00. The first-order valence-electron chi connectivity index (χ1n) is 6.58. The van der Waals surface area contributed by atoms with Gasteiger partial charge in [0.1, 0.15) is 0 Å². The van der Waals surface area contributed by atoms with Crippen LogP contribution in [0.4, 0.5) is 0 Å². The highest BCUT2D eigenvalue weighted by Crippen LogP contribution is 2.19. The fourth-order valence-corrected chi connectivity index (χ4v) is 2.32. The molecule has 0 aliphatic heterocycles. The van der Waals surface area contributed by atoms with Gasteiger partial charge in [-0.2, -0.15) is 5.26 Å². The molecule has 2 aromatic rings. The predicted molar refractivity (Wildman–Crippen MR) is 82.6 cm³/mol. The predicted octanol–water partition coefficient (Wildman–Crippen LogP) is 4.37. The normalized spacial score (nSPS) is 11.9. The molecule has 0 radical (unpaired) electrons. The zero-order valence-electron chi connectivity index (χ0n) is 11.7. The number of hydrogen-bond acceptors (Lipinski definition) is 2. The van der Waals surface area contributed by atoms with Gasteiger partial charge in [-0.25, -0.2) is 0 Å². The van der Waals surface area contributed by atoms with Gasteiger partial charge in [0, 0.05) is 17.6 Å². The van der Waals surface area contributed by atoms with Gasteiger partial charge in [0.2, 0.25) is 0 Å². The summed E-state index contributed by atoms with van der Waals surface area (Å²) in [5.41, 5.74) is 4.10. The van der Waals surface area contributed by atoms with Crippen LogP contribution in [0.1, 0.15) is 35.2 Å². The van der Waals surface area contributed by atoms with Gasteiger partial charge in [0.25, 0.3) is 0 Å². The molecule has 1 unspecified atom stereocenters. The largest absolute Gasteiger partial charge is 0.306 e. The van der Waals surface area contributed by atoms with Crippen LogP contribution in [0.3, 0.4) is 0 Å². The van der Waals surface area contributed by atoms with Gasteiger partial charge in [-0.05, 0) is 48.7 Å². The molecule has 3 heteroatoms. The molecule has 0 aliphatic carbocycles. The van der Waals surface area contributed by atoms with Crippen LogP contribution >= 0.6 is 11.6 Å². The molecule has 2 aromatic carbocycles. The number of benzene rings is 2. The first-order valence-corrected chi connectivity index (χ1v) is 6.96. The second-order valence-corrected chi connectivity index (χ2v) is 5.34. The van der Waals surface area contributed by atoms with Gasteiger partial charge < -0.3 is 5.32 Å².